The molecule has 0 aliphatic heterocycles. The molecule has 1 atom stereocenters. The Kier molecular flexibility index (Phi) is 12.3. The number of nitrogens with zero attached hydrogens (tertiary/aromatic N) is 2. The van der Waals surface area contributed by atoms with Crippen LogP contribution in [-0.2, 0) is 6.42 Å². The van der Waals surface area contributed by atoms with Crippen molar-refractivity contribution < 1.29 is 4.74 Å². The number of nitrogens with one attached hydrogen (secondary N) is 1. The van der Waals surface area contributed by atoms with Crippen molar-refractivity contribution in [3.8, 4) is 28.3 Å². The van der Waals surface area contributed by atoms with Crippen molar-refractivity contribution in [2.45, 2.75) is 66.8 Å². The quantitative estimate of drug-likeness (QED) is 0.111. The van der Waals surface area contributed by atoms with Gasteiger partial charge in [-0.15, -0.1) is 6.58 Å². The van der Waals surface area contributed by atoms with Crippen LogP contribution in [0.5, 0.6) is 5.75 Å². The number of hydrogen-bond acceptors (Lipinski definition) is 4. The summed E-state index contributed by atoms with van der Waals surface area (Å²) in [4.78, 5) is 9.28. The van der Waals surface area contributed by atoms with Crippen LogP contribution in [0.15, 0.2) is 122 Å². The Morgan fingerprint density at radius 2 is 1.53 bits per heavy atom. The molecule has 1 aromatic heterocycles. The van der Waals surface area contributed by atoms with E-state index in [1.807, 2.05) is 36.7 Å². The molecule has 2 aromatic carbocycles. The lowest BCUT2D eigenvalue weighted by Gasteiger charge is -2.20. The van der Waals surface area contributed by atoms with E-state index >= 15 is 0 Å². The average molecular weight is 576 g/mol. The van der Waals surface area contributed by atoms with Gasteiger partial charge >= 0.3 is 0 Å². The fraction of sp³-hybridized carbons (Fsp3) is 0.333. The first-order valence-electron chi connectivity index (χ1n) is 15.2. The van der Waals surface area contributed by atoms with Crippen LogP contribution in [0.1, 0.15) is 59.9 Å². The van der Waals surface area contributed by atoms with Crippen molar-refractivity contribution in [2.24, 2.45) is 11.3 Å². The summed E-state index contributed by atoms with van der Waals surface area (Å²) in [6.45, 7) is 26.3. The van der Waals surface area contributed by atoms with Gasteiger partial charge in [0.2, 0.25) is 0 Å². The smallest absolute Gasteiger partial charge is 0.159 e. The Bertz CT molecular complexity index is 1400. The van der Waals surface area contributed by atoms with E-state index in [1.165, 1.54) is 17.6 Å². The molecule has 4 nitrogen and oxygen atoms in total. The highest BCUT2D eigenvalue weighted by molar-refractivity contribution is 5.64. The van der Waals surface area contributed by atoms with Crippen LogP contribution in [0.2, 0.25) is 0 Å². The van der Waals surface area contributed by atoms with Crippen molar-refractivity contribution >= 4 is 0 Å². The third-order valence-electron chi connectivity index (χ3n) is 7.61. The standard InChI is InChI=1S/C39H49N3O/c1-10-32(17-14-29(5)39(7,8)9)30(6)42-36(11-2)25-31-15-18-34(19-16-31)38-40-26-35(27-41-38)33-20-22-37(23-21-33)43-24-12-13-28(3)4/h10-11,14-23,26-28,36,42H,1-2,6,12-13,24-25H2,3-5,7-9H3/b29-14+,32-17+/t36-/m1/s1. The topological polar surface area (TPSA) is 47.0 Å². The van der Waals surface area contributed by atoms with Crippen LogP contribution in [0.3, 0.4) is 0 Å². The molecule has 0 amide bonds. The summed E-state index contributed by atoms with van der Waals surface area (Å²) < 4.78 is 5.87. The molecule has 226 valence electrons. The van der Waals surface area contributed by atoms with E-state index in [0.717, 1.165) is 53.2 Å². The number of rotatable bonds is 15. The van der Waals surface area contributed by atoms with Crippen molar-refractivity contribution in [3.05, 3.63) is 127 Å². The largest absolute Gasteiger partial charge is 0.494 e. The van der Waals surface area contributed by atoms with Crippen molar-refractivity contribution in [1.82, 2.24) is 15.3 Å². The van der Waals surface area contributed by atoms with Gasteiger partial charge in [-0.3, -0.25) is 0 Å². The van der Waals surface area contributed by atoms with Gasteiger partial charge in [-0.25, -0.2) is 9.97 Å². The first kappa shape index (κ1) is 33.3. The monoisotopic (exact) mass is 575 g/mol. The van der Waals surface area contributed by atoms with Gasteiger partial charge in [-0.1, -0.05) is 114 Å². The molecule has 0 aliphatic rings. The average Bonchev–Trinajstić information content (AvgIpc) is 2.99. The highest BCUT2D eigenvalue weighted by Crippen LogP contribution is 2.26. The predicted octanol–water partition coefficient (Wildman–Crippen LogP) is 9.93. The van der Waals surface area contributed by atoms with Crippen LogP contribution in [0.25, 0.3) is 22.5 Å². The van der Waals surface area contributed by atoms with Crippen molar-refractivity contribution in [2.75, 3.05) is 6.61 Å². The lowest BCUT2D eigenvalue weighted by molar-refractivity contribution is 0.298. The maximum absolute atomic E-state index is 5.87. The lowest BCUT2D eigenvalue weighted by Crippen LogP contribution is -2.28. The Hall–Kier alpha value is -4.18. The number of ether oxygens (including phenoxy) is 1. The molecule has 1 heterocycles. The number of hydrogen-bond donors (Lipinski definition) is 1. The molecule has 4 heteroatoms. The Labute approximate surface area is 260 Å². The molecular weight excluding hydrogens is 526 g/mol. The van der Waals surface area contributed by atoms with Gasteiger partial charge in [0.25, 0.3) is 0 Å². The summed E-state index contributed by atoms with van der Waals surface area (Å²) >= 11 is 0. The molecule has 0 fully saturated rings. The normalized spacial score (nSPS) is 13.0. The number of benzene rings is 2. The van der Waals surface area contributed by atoms with Crippen LogP contribution >= 0.6 is 0 Å². The van der Waals surface area contributed by atoms with E-state index in [-0.39, 0.29) is 11.5 Å². The maximum atomic E-state index is 5.87. The molecule has 0 aliphatic carbocycles. The molecule has 1 N–H and O–H groups in total. The lowest BCUT2D eigenvalue weighted by atomic mass is 9.87. The fourth-order valence-corrected chi connectivity index (χ4v) is 4.35. The minimum absolute atomic E-state index is 0.0294. The first-order chi connectivity index (χ1) is 20.5. The summed E-state index contributed by atoms with van der Waals surface area (Å²) in [7, 11) is 0. The van der Waals surface area contributed by atoms with Crippen molar-refractivity contribution in [1.29, 1.82) is 0 Å². The second kappa shape index (κ2) is 15.9. The van der Waals surface area contributed by atoms with Gasteiger partial charge < -0.3 is 10.1 Å². The molecule has 0 unspecified atom stereocenters. The Morgan fingerprint density at radius 1 is 0.907 bits per heavy atom. The third kappa shape index (κ3) is 10.6. The first-order valence-corrected chi connectivity index (χ1v) is 15.2. The van der Waals surface area contributed by atoms with Gasteiger partial charge in [0.05, 0.1) is 6.61 Å². The summed E-state index contributed by atoms with van der Waals surface area (Å²) in [5.74, 6) is 2.30. The van der Waals surface area contributed by atoms with Gasteiger partial charge in [0, 0.05) is 35.3 Å². The molecule has 0 radical (unpaired) electrons. The van der Waals surface area contributed by atoms with Crippen LogP contribution in [0.4, 0.5) is 0 Å². The zero-order valence-electron chi connectivity index (χ0n) is 27.0. The predicted molar refractivity (Wildman–Crippen MR) is 184 cm³/mol. The van der Waals surface area contributed by atoms with Crippen molar-refractivity contribution in [3.63, 3.8) is 0 Å². The van der Waals surface area contributed by atoms with Crippen LogP contribution in [0, 0.1) is 11.3 Å². The molecule has 3 aromatic rings. The molecule has 0 bridgehead atoms. The van der Waals surface area contributed by atoms with E-state index in [9.17, 15) is 0 Å². The van der Waals surface area contributed by atoms with E-state index in [0.29, 0.717) is 11.7 Å². The van der Waals surface area contributed by atoms with Gasteiger partial charge in [-0.2, -0.15) is 0 Å². The number of allylic oxidation sites excluding steroid dienone is 4. The summed E-state index contributed by atoms with van der Waals surface area (Å²) in [5, 5.41) is 3.50. The third-order valence-corrected chi connectivity index (χ3v) is 7.61. The van der Waals surface area contributed by atoms with Gasteiger partial charge in [-0.05, 0) is 66.4 Å². The van der Waals surface area contributed by atoms with E-state index < -0.39 is 0 Å². The molecule has 0 saturated carbocycles. The van der Waals surface area contributed by atoms with Gasteiger partial charge in [0.1, 0.15) is 5.75 Å². The van der Waals surface area contributed by atoms with Gasteiger partial charge in [0.15, 0.2) is 5.82 Å². The Morgan fingerprint density at radius 3 is 2.09 bits per heavy atom. The van der Waals surface area contributed by atoms with E-state index in [1.54, 1.807) is 0 Å². The summed E-state index contributed by atoms with van der Waals surface area (Å²) in [5.41, 5.74) is 7.41. The minimum atomic E-state index is 0.0294. The molecule has 43 heavy (non-hydrogen) atoms. The highest BCUT2D eigenvalue weighted by atomic mass is 16.5. The zero-order valence-corrected chi connectivity index (χ0v) is 27.0. The second-order valence-electron chi connectivity index (χ2n) is 12.5. The van der Waals surface area contributed by atoms with E-state index in [2.05, 4.69) is 125 Å². The molecule has 0 spiro atoms. The fourth-order valence-electron chi connectivity index (χ4n) is 4.35. The van der Waals surface area contributed by atoms with Crippen LogP contribution < -0.4 is 10.1 Å². The van der Waals surface area contributed by atoms with Crippen LogP contribution in [-0.4, -0.2) is 22.6 Å². The molecule has 0 saturated heterocycles. The molecule has 3 rings (SSSR count). The highest BCUT2D eigenvalue weighted by Gasteiger charge is 2.12. The zero-order chi connectivity index (χ0) is 31.4. The maximum Gasteiger partial charge on any atom is 0.159 e. The minimum Gasteiger partial charge on any atom is -0.494 e. The summed E-state index contributed by atoms with van der Waals surface area (Å²) in [6.07, 6.45) is 14.7. The number of aromatic nitrogens is 2. The SMILES string of the molecule is C=C/C(=C\C=C(/C)C(C)(C)C)C(=C)N[C@H](C=C)Cc1ccc(-c2ncc(-c3ccc(OCCCC(C)C)cc3)cn2)cc1. The second-order valence-corrected chi connectivity index (χ2v) is 12.5. The molecular formula is C39H49N3O. The van der Waals surface area contributed by atoms with E-state index in [4.69, 9.17) is 4.74 Å². The Balaban J connectivity index is 1.59. The summed E-state index contributed by atoms with van der Waals surface area (Å²) in [6, 6.07) is 16.5.